The number of amides is 1. The van der Waals surface area contributed by atoms with Gasteiger partial charge in [-0.25, -0.2) is 13.1 Å². The summed E-state index contributed by atoms with van der Waals surface area (Å²) in [6.07, 6.45) is 1.98. The van der Waals surface area contributed by atoms with Gasteiger partial charge in [0.15, 0.2) is 0 Å². The highest BCUT2D eigenvalue weighted by atomic mass is 32.2. The van der Waals surface area contributed by atoms with Crippen LogP contribution >= 0.6 is 0 Å². The van der Waals surface area contributed by atoms with Crippen LogP contribution in [-0.4, -0.2) is 89.6 Å². The lowest BCUT2D eigenvalue weighted by Gasteiger charge is -2.35. The van der Waals surface area contributed by atoms with Crippen LogP contribution in [-0.2, 0) is 32.7 Å². The lowest BCUT2D eigenvalue weighted by Crippen LogP contribution is -2.47. The fourth-order valence-electron chi connectivity index (χ4n) is 4.04. The number of aryl methyl sites for hydroxylation is 1. The molecule has 0 spiro atoms. The molecule has 0 fully saturated rings. The van der Waals surface area contributed by atoms with Crippen molar-refractivity contribution in [1.29, 1.82) is 0 Å². The molecule has 1 N–H and O–H groups in total. The van der Waals surface area contributed by atoms with Gasteiger partial charge in [-0.05, 0) is 25.5 Å². The summed E-state index contributed by atoms with van der Waals surface area (Å²) in [4.78, 5) is 14.7. The van der Waals surface area contributed by atoms with Gasteiger partial charge in [-0.1, -0.05) is 18.2 Å². The van der Waals surface area contributed by atoms with Gasteiger partial charge in [0.25, 0.3) is 0 Å². The number of aliphatic hydroxyl groups is 1. The second-order valence-corrected chi connectivity index (χ2v) is 11.0. The molecule has 1 aliphatic rings. The molecule has 2 aromatic rings. The summed E-state index contributed by atoms with van der Waals surface area (Å²) < 4.78 is 40.9. The number of aliphatic hydroxyl groups excluding tert-OH is 1. The number of sulfonamides is 1. The monoisotopic (exact) mass is 509 g/mol. The summed E-state index contributed by atoms with van der Waals surface area (Å²) in [6.45, 7) is 4.66. The highest BCUT2D eigenvalue weighted by molar-refractivity contribution is 7.89. The van der Waals surface area contributed by atoms with E-state index in [1.165, 1.54) is 30.6 Å². The Kier molecular flexibility index (Phi) is 9.22. The number of aromatic nitrogens is 3. The summed E-state index contributed by atoms with van der Waals surface area (Å²) in [7, 11) is -0.829. The molecule has 0 saturated heterocycles. The summed E-state index contributed by atoms with van der Waals surface area (Å²) in [5.74, 6) is 0.152. The predicted octanol–water partition coefficient (Wildman–Crippen LogP) is 1.13. The number of hydrogen-bond donors (Lipinski definition) is 1. The largest absolute Gasteiger partial charge is 0.497 e. The van der Waals surface area contributed by atoms with E-state index in [0.717, 1.165) is 5.69 Å². The minimum Gasteiger partial charge on any atom is -0.497 e. The van der Waals surface area contributed by atoms with Crippen LogP contribution in [0.15, 0.2) is 35.4 Å². The van der Waals surface area contributed by atoms with Gasteiger partial charge in [-0.3, -0.25) is 4.79 Å². The molecule has 0 bridgehead atoms. The first kappa shape index (κ1) is 27.1. The highest BCUT2D eigenvalue weighted by Crippen LogP contribution is 2.23. The van der Waals surface area contributed by atoms with Crippen molar-refractivity contribution in [2.45, 2.75) is 56.9 Å². The molecule has 0 unspecified atom stereocenters. The number of carbonyl (C=O) groups is 1. The van der Waals surface area contributed by atoms with Crippen LogP contribution in [0.25, 0.3) is 0 Å². The van der Waals surface area contributed by atoms with Crippen LogP contribution in [0.3, 0.4) is 0 Å². The first-order valence-corrected chi connectivity index (χ1v) is 13.1. The molecule has 11 nitrogen and oxygen atoms in total. The number of ether oxygens (including phenoxy) is 2. The number of methoxy groups -OCH3 is 1. The number of rotatable bonds is 7. The average Bonchev–Trinajstić information content (AvgIpc) is 3.30. The van der Waals surface area contributed by atoms with Gasteiger partial charge in [0.2, 0.25) is 15.9 Å². The van der Waals surface area contributed by atoms with Crippen molar-refractivity contribution < 1.29 is 27.8 Å². The Morgan fingerprint density at radius 2 is 2.14 bits per heavy atom. The van der Waals surface area contributed by atoms with Crippen molar-refractivity contribution >= 4 is 15.9 Å². The summed E-state index contributed by atoms with van der Waals surface area (Å²) in [5, 5.41) is 17.8. The van der Waals surface area contributed by atoms with E-state index in [0.29, 0.717) is 31.7 Å². The number of fused-ring (bicyclic) bond motifs is 1. The van der Waals surface area contributed by atoms with Crippen LogP contribution in [0.4, 0.5) is 0 Å². The number of nitrogens with zero attached hydrogens (tertiary/aromatic N) is 5. The maximum Gasteiger partial charge on any atom is 0.243 e. The predicted molar refractivity (Wildman–Crippen MR) is 128 cm³/mol. The van der Waals surface area contributed by atoms with E-state index < -0.39 is 16.1 Å². The second-order valence-electron chi connectivity index (χ2n) is 8.92. The molecule has 35 heavy (non-hydrogen) atoms. The van der Waals surface area contributed by atoms with Crippen molar-refractivity contribution in [3.8, 4) is 5.75 Å². The Morgan fingerprint density at radius 3 is 2.86 bits per heavy atom. The Morgan fingerprint density at radius 1 is 1.37 bits per heavy atom. The Hall–Kier alpha value is -2.54. The number of carbonyl (C=O) groups excluding carboxylic acids is 1. The maximum atomic E-state index is 13.3. The number of likely N-dealkylation sites (N-methyl/N-ethyl adjacent to an activating group) is 1. The Labute approximate surface area is 206 Å². The quantitative estimate of drug-likeness (QED) is 0.589. The highest BCUT2D eigenvalue weighted by Gasteiger charge is 2.31. The standard InChI is InChI=1S/C23H35N5O6S/c1-17-13-27(18(2)15-29)23(30)9-6-10-28-19(12-24-25-28)16-34-22(17)14-26(3)35(31,32)21-8-5-7-20(11-21)33-4/h5,7-8,11-12,17-18,22,29H,6,9-10,13-16H2,1-4H3/t17-,18-,22+/m1/s1. The van der Waals surface area contributed by atoms with Crippen LogP contribution in [0.5, 0.6) is 5.75 Å². The molecule has 1 aromatic carbocycles. The van der Waals surface area contributed by atoms with Crippen molar-refractivity contribution in [1.82, 2.24) is 24.2 Å². The van der Waals surface area contributed by atoms with Crippen LogP contribution in [0, 0.1) is 5.92 Å². The fourth-order valence-corrected chi connectivity index (χ4v) is 5.26. The molecule has 12 heteroatoms. The molecule has 0 saturated carbocycles. The van der Waals surface area contributed by atoms with Gasteiger partial charge < -0.3 is 19.5 Å². The van der Waals surface area contributed by atoms with Gasteiger partial charge >= 0.3 is 0 Å². The third kappa shape index (κ3) is 6.57. The fraction of sp³-hybridized carbons (Fsp3) is 0.609. The Balaban J connectivity index is 1.87. The van der Waals surface area contributed by atoms with Crippen LogP contribution in [0.2, 0.25) is 0 Å². The molecule has 194 valence electrons. The van der Waals surface area contributed by atoms with E-state index >= 15 is 0 Å². The zero-order chi connectivity index (χ0) is 25.6. The molecule has 3 rings (SSSR count). The van der Waals surface area contributed by atoms with Gasteiger partial charge in [0, 0.05) is 45.1 Å². The molecule has 2 heterocycles. The van der Waals surface area contributed by atoms with Crippen molar-refractivity contribution in [2.24, 2.45) is 5.92 Å². The molecule has 0 aliphatic carbocycles. The van der Waals surface area contributed by atoms with E-state index in [1.807, 2.05) is 6.92 Å². The molecular formula is C23H35N5O6S. The first-order valence-electron chi connectivity index (χ1n) is 11.7. The van der Waals surface area contributed by atoms with Crippen molar-refractivity contribution in [2.75, 3.05) is 33.9 Å². The van der Waals surface area contributed by atoms with E-state index in [-0.39, 0.29) is 42.5 Å². The third-order valence-corrected chi connectivity index (χ3v) is 8.15. The van der Waals surface area contributed by atoms with Crippen molar-refractivity contribution in [3.05, 3.63) is 36.2 Å². The summed E-state index contributed by atoms with van der Waals surface area (Å²) >= 11 is 0. The average molecular weight is 510 g/mol. The number of hydrogen-bond acceptors (Lipinski definition) is 8. The number of benzene rings is 1. The molecule has 3 atom stereocenters. The zero-order valence-corrected chi connectivity index (χ0v) is 21.5. The van der Waals surface area contributed by atoms with E-state index in [9.17, 15) is 18.3 Å². The van der Waals surface area contributed by atoms with Crippen LogP contribution in [0.1, 0.15) is 32.4 Å². The van der Waals surface area contributed by atoms with Crippen LogP contribution < -0.4 is 4.74 Å². The molecule has 0 radical (unpaired) electrons. The van der Waals surface area contributed by atoms with E-state index in [1.54, 1.807) is 34.8 Å². The Bertz CT molecular complexity index is 1090. The third-order valence-electron chi connectivity index (χ3n) is 6.33. The van der Waals surface area contributed by atoms with Gasteiger partial charge in [0.05, 0.1) is 49.3 Å². The molecule has 1 aliphatic heterocycles. The lowest BCUT2D eigenvalue weighted by atomic mass is 10.0. The summed E-state index contributed by atoms with van der Waals surface area (Å²) in [5.41, 5.74) is 0.758. The van der Waals surface area contributed by atoms with Crippen molar-refractivity contribution in [3.63, 3.8) is 0 Å². The van der Waals surface area contributed by atoms with E-state index in [2.05, 4.69) is 10.3 Å². The first-order chi connectivity index (χ1) is 16.7. The molecule has 1 aromatic heterocycles. The normalized spacial score (nSPS) is 21.2. The maximum absolute atomic E-state index is 13.3. The molecular weight excluding hydrogens is 474 g/mol. The smallest absolute Gasteiger partial charge is 0.243 e. The second kappa shape index (κ2) is 11.9. The zero-order valence-electron chi connectivity index (χ0n) is 20.7. The van der Waals surface area contributed by atoms with Gasteiger partial charge in [-0.15, -0.1) is 5.10 Å². The van der Waals surface area contributed by atoms with Gasteiger partial charge in [-0.2, -0.15) is 4.31 Å². The van der Waals surface area contributed by atoms with E-state index in [4.69, 9.17) is 9.47 Å². The summed E-state index contributed by atoms with van der Waals surface area (Å²) in [6, 6.07) is 5.94. The minimum absolute atomic E-state index is 0.0673. The van der Waals surface area contributed by atoms with Gasteiger partial charge in [0.1, 0.15) is 5.75 Å². The lowest BCUT2D eigenvalue weighted by molar-refractivity contribution is -0.136. The minimum atomic E-state index is -3.82. The SMILES string of the molecule is COc1cccc(S(=O)(=O)N(C)C[C@@H]2OCc3cnnn3CCCC(=O)N([C@H](C)CO)C[C@H]2C)c1. The topological polar surface area (TPSA) is 127 Å². The molecule has 1 amide bonds.